The van der Waals surface area contributed by atoms with Crippen LogP contribution in [-0.2, 0) is 0 Å². The lowest BCUT2D eigenvalue weighted by molar-refractivity contribution is 0.0669. The Hall–Kier alpha value is -1.36. The second-order valence-corrected chi connectivity index (χ2v) is 5.93. The smallest absolute Gasteiger partial charge is 0.284 e. The van der Waals surface area contributed by atoms with Crippen LogP contribution in [0.5, 0.6) is 0 Å². The van der Waals surface area contributed by atoms with Gasteiger partial charge in [0.05, 0.1) is 6.04 Å². The molecule has 17 heavy (non-hydrogen) atoms. The summed E-state index contributed by atoms with van der Waals surface area (Å²) < 4.78 is 1.89. The van der Waals surface area contributed by atoms with E-state index in [0.717, 1.165) is 19.6 Å². The maximum atomic E-state index is 11.2. The highest BCUT2D eigenvalue weighted by molar-refractivity contribution is 5.89. The third-order valence-electron chi connectivity index (χ3n) is 2.92. The molecule has 5 nitrogen and oxygen atoms in total. The van der Waals surface area contributed by atoms with Crippen molar-refractivity contribution in [1.29, 1.82) is 0 Å². The Morgan fingerprint density at radius 2 is 2.18 bits per heavy atom. The van der Waals surface area contributed by atoms with E-state index in [4.69, 9.17) is 5.73 Å². The van der Waals surface area contributed by atoms with Crippen LogP contribution in [0.3, 0.4) is 0 Å². The number of carbonyl (C=O) groups is 1. The van der Waals surface area contributed by atoms with Gasteiger partial charge in [0.25, 0.3) is 5.91 Å². The zero-order valence-electron chi connectivity index (χ0n) is 10.7. The summed E-state index contributed by atoms with van der Waals surface area (Å²) in [6.07, 6.45) is 3.46. The van der Waals surface area contributed by atoms with Crippen molar-refractivity contribution in [3.63, 3.8) is 0 Å². The van der Waals surface area contributed by atoms with E-state index in [9.17, 15) is 4.79 Å². The van der Waals surface area contributed by atoms with Crippen LogP contribution in [0.15, 0.2) is 12.4 Å². The molecule has 1 aliphatic rings. The van der Waals surface area contributed by atoms with E-state index < -0.39 is 5.91 Å². The molecule has 2 heterocycles. The number of imidazole rings is 1. The molecule has 1 fully saturated rings. The number of hydrogen-bond donors (Lipinski definition) is 1. The molecule has 94 valence electrons. The average Bonchev–Trinajstić information content (AvgIpc) is 2.56. The lowest BCUT2D eigenvalue weighted by Crippen LogP contribution is -2.51. The van der Waals surface area contributed by atoms with Gasteiger partial charge in [-0.15, -0.1) is 0 Å². The van der Waals surface area contributed by atoms with Crippen LogP contribution in [0.1, 0.15) is 37.4 Å². The van der Waals surface area contributed by atoms with Gasteiger partial charge in [-0.05, 0) is 5.41 Å². The highest BCUT2D eigenvalue weighted by atomic mass is 16.1. The maximum Gasteiger partial charge on any atom is 0.284 e. The summed E-state index contributed by atoms with van der Waals surface area (Å²) in [7, 11) is 0. The predicted octanol–water partition coefficient (Wildman–Crippen LogP) is 0.885. The molecular weight excluding hydrogens is 216 g/mol. The maximum absolute atomic E-state index is 11.2. The highest BCUT2D eigenvalue weighted by Crippen LogP contribution is 2.26. The first-order valence-electron chi connectivity index (χ1n) is 5.92. The lowest BCUT2D eigenvalue weighted by Gasteiger charge is -2.43. The first-order valence-corrected chi connectivity index (χ1v) is 5.92. The van der Waals surface area contributed by atoms with Gasteiger partial charge in [0.15, 0.2) is 5.82 Å². The first-order chi connectivity index (χ1) is 7.87. The normalized spacial score (nSPS) is 18.1. The van der Waals surface area contributed by atoms with Crippen molar-refractivity contribution in [3.05, 3.63) is 18.2 Å². The fourth-order valence-corrected chi connectivity index (χ4v) is 2.32. The molecular formula is C12H20N4O. The van der Waals surface area contributed by atoms with Gasteiger partial charge < -0.3 is 10.3 Å². The second-order valence-electron chi connectivity index (χ2n) is 5.93. The minimum atomic E-state index is -0.454. The largest absolute Gasteiger partial charge is 0.363 e. The second kappa shape index (κ2) is 4.14. The van der Waals surface area contributed by atoms with Crippen LogP contribution >= 0.6 is 0 Å². The van der Waals surface area contributed by atoms with Crippen molar-refractivity contribution in [3.8, 4) is 0 Å². The van der Waals surface area contributed by atoms with E-state index in [2.05, 4.69) is 30.7 Å². The van der Waals surface area contributed by atoms with Crippen LogP contribution < -0.4 is 5.73 Å². The Balaban J connectivity index is 1.95. The average molecular weight is 236 g/mol. The molecule has 1 aromatic rings. The number of nitrogens with two attached hydrogens (primary N) is 1. The van der Waals surface area contributed by atoms with Crippen LogP contribution in [0.25, 0.3) is 0 Å². The van der Waals surface area contributed by atoms with Crippen molar-refractivity contribution in [2.45, 2.75) is 26.8 Å². The number of likely N-dealkylation sites (tertiary alicyclic amines) is 1. The Bertz CT molecular complexity index is 412. The fraction of sp³-hybridized carbons (Fsp3) is 0.667. The minimum absolute atomic E-state index is 0.312. The summed E-state index contributed by atoms with van der Waals surface area (Å²) >= 11 is 0. The quantitative estimate of drug-likeness (QED) is 0.847. The third-order valence-corrected chi connectivity index (χ3v) is 2.92. The van der Waals surface area contributed by atoms with E-state index in [-0.39, 0.29) is 0 Å². The topological polar surface area (TPSA) is 64.2 Å². The number of hydrogen-bond acceptors (Lipinski definition) is 3. The van der Waals surface area contributed by atoms with Gasteiger partial charge in [-0.25, -0.2) is 4.98 Å². The van der Waals surface area contributed by atoms with Crippen LogP contribution in [0, 0.1) is 5.41 Å². The van der Waals surface area contributed by atoms with E-state index in [1.165, 1.54) is 0 Å². The predicted molar refractivity (Wildman–Crippen MR) is 65.7 cm³/mol. The van der Waals surface area contributed by atoms with Gasteiger partial charge in [0.2, 0.25) is 0 Å². The van der Waals surface area contributed by atoms with E-state index in [1.807, 2.05) is 10.8 Å². The lowest BCUT2D eigenvalue weighted by atomic mass is 9.93. The van der Waals surface area contributed by atoms with Crippen molar-refractivity contribution in [2.75, 3.05) is 19.6 Å². The summed E-state index contributed by atoms with van der Waals surface area (Å²) in [4.78, 5) is 17.5. The number of amides is 1. The molecule has 0 saturated carbocycles. The van der Waals surface area contributed by atoms with Crippen molar-refractivity contribution < 1.29 is 4.79 Å². The van der Waals surface area contributed by atoms with Crippen LogP contribution in [0.2, 0.25) is 0 Å². The van der Waals surface area contributed by atoms with Crippen molar-refractivity contribution in [1.82, 2.24) is 14.5 Å². The molecule has 0 spiro atoms. The monoisotopic (exact) mass is 236 g/mol. The summed E-state index contributed by atoms with van der Waals surface area (Å²) in [5.74, 6) is -0.0883. The van der Waals surface area contributed by atoms with E-state index in [1.54, 1.807) is 6.20 Å². The number of aromatic nitrogens is 2. The number of primary amides is 1. The molecule has 1 saturated heterocycles. The number of carbonyl (C=O) groups excluding carboxylic acids is 1. The first kappa shape index (κ1) is 12.1. The van der Waals surface area contributed by atoms with Crippen molar-refractivity contribution >= 4 is 5.91 Å². The molecule has 0 aliphatic carbocycles. The molecule has 1 aliphatic heterocycles. The number of nitrogens with zero attached hydrogens (tertiary/aromatic N) is 3. The molecule has 1 aromatic heterocycles. The van der Waals surface area contributed by atoms with Gasteiger partial charge in [-0.1, -0.05) is 20.8 Å². The van der Waals surface area contributed by atoms with E-state index in [0.29, 0.717) is 17.3 Å². The molecule has 0 radical (unpaired) electrons. The highest BCUT2D eigenvalue weighted by Gasteiger charge is 2.32. The third kappa shape index (κ3) is 2.66. The Morgan fingerprint density at radius 3 is 2.71 bits per heavy atom. The minimum Gasteiger partial charge on any atom is -0.363 e. The Kier molecular flexibility index (Phi) is 2.95. The van der Waals surface area contributed by atoms with Gasteiger partial charge in [-0.2, -0.15) is 0 Å². The molecule has 0 aromatic carbocycles. The molecule has 0 bridgehead atoms. The molecule has 2 rings (SSSR count). The Morgan fingerprint density at radius 1 is 1.53 bits per heavy atom. The van der Waals surface area contributed by atoms with Gasteiger partial charge in [-0.3, -0.25) is 9.69 Å². The van der Waals surface area contributed by atoms with Gasteiger partial charge >= 0.3 is 0 Å². The molecule has 1 amide bonds. The SMILES string of the molecule is CC(C)(C)CN1CC(n2ccnc2C(N)=O)C1. The summed E-state index contributed by atoms with van der Waals surface area (Å²) in [6.45, 7) is 9.69. The standard InChI is InChI=1S/C12H20N4O/c1-12(2,3)8-15-6-9(7-15)16-5-4-14-11(16)10(13)17/h4-5,9H,6-8H2,1-3H3,(H2,13,17). The molecule has 0 atom stereocenters. The molecule has 2 N–H and O–H groups in total. The summed E-state index contributed by atoms with van der Waals surface area (Å²) in [5, 5.41) is 0. The molecule has 0 unspecified atom stereocenters. The fourth-order valence-electron chi connectivity index (χ4n) is 2.32. The zero-order valence-corrected chi connectivity index (χ0v) is 10.7. The number of rotatable bonds is 3. The Labute approximate surface area is 102 Å². The van der Waals surface area contributed by atoms with E-state index >= 15 is 0 Å². The van der Waals surface area contributed by atoms with Crippen LogP contribution in [-0.4, -0.2) is 40.0 Å². The van der Waals surface area contributed by atoms with Crippen molar-refractivity contribution in [2.24, 2.45) is 11.1 Å². The molecule has 5 heteroatoms. The summed E-state index contributed by atoms with van der Waals surface area (Å²) in [6, 6.07) is 0.336. The van der Waals surface area contributed by atoms with Gasteiger partial charge in [0.1, 0.15) is 0 Å². The van der Waals surface area contributed by atoms with Crippen LogP contribution in [0.4, 0.5) is 0 Å². The zero-order chi connectivity index (χ0) is 12.6. The summed E-state index contributed by atoms with van der Waals surface area (Å²) in [5.41, 5.74) is 5.59. The van der Waals surface area contributed by atoms with Gasteiger partial charge in [0, 0.05) is 32.0 Å².